The summed E-state index contributed by atoms with van der Waals surface area (Å²) in [6.07, 6.45) is 2.83. The summed E-state index contributed by atoms with van der Waals surface area (Å²) in [4.78, 5) is 29.4. The number of hydroxylamine groups is 1. The highest BCUT2D eigenvalue weighted by Crippen LogP contribution is 2.32. The van der Waals surface area contributed by atoms with Crippen LogP contribution in [0.4, 0.5) is 27.3 Å². The van der Waals surface area contributed by atoms with Crippen LogP contribution >= 0.6 is 0 Å². The molecule has 3 aromatic carbocycles. The van der Waals surface area contributed by atoms with Crippen LogP contribution in [0.2, 0.25) is 0 Å². The molecule has 0 spiro atoms. The number of nitrogens with zero attached hydrogens (tertiary/aromatic N) is 2. The Bertz CT molecular complexity index is 1320. The van der Waals surface area contributed by atoms with Crippen LogP contribution in [0, 0.1) is 12.7 Å². The van der Waals surface area contributed by atoms with E-state index in [9.17, 15) is 14.0 Å². The zero-order valence-corrected chi connectivity index (χ0v) is 20.9. The van der Waals surface area contributed by atoms with E-state index in [1.165, 1.54) is 26.6 Å². The predicted octanol–water partition coefficient (Wildman–Crippen LogP) is 4.53. The first-order valence-electron chi connectivity index (χ1n) is 11.0. The van der Waals surface area contributed by atoms with Gasteiger partial charge >= 0.3 is 0 Å². The molecule has 0 aliphatic heterocycles. The van der Waals surface area contributed by atoms with E-state index in [-0.39, 0.29) is 5.82 Å². The van der Waals surface area contributed by atoms with Gasteiger partial charge in [-0.3, -0.25) is 9.59 Å². The lowest BCUT2D eigenvalue weighted by atomic mass is 10.1. The normalized spacial score (nSPS) is 9.68. The molecular formula is C26H29FN6O4. The van der Waals surface area contributed by atoms with Crippen molar-refractivity contribution in [1.82, 2.24) is 15.4 Å². The van der Waals surface area contributed by atoms with Gasteiger partial charge in [-0.05, 0) is 61.0 Å². The van der Waals surface area contributed by atoms with E-state index in [2.05, 4.69) is 25.9 Å². The number of halogens is 1. The second-order valence-corrected chi connectivity index (χ2v) is 7.36. The van der Waals surface area contributed by atoms with Crippen LogP contribution in [0.3, 0.4) is 0 Å². The molecule has 0 saturated carbocycles. The third-order valence-corrected chi connectivity index (χ3v) is 4.93. The highest BCUT2D eigenvalue weighted by atomic mass is 19.1. The number of hydrogen-bond donors (Lipinski definition) is 5. The van der Waals surface area contributed by atoms with E-state index < -0.39 is 0 Å². The molecule has 194 valence electrons. The monoisotopic (exact) mass is 508 g/mol. The summed E-state index contributed by atoms with van der Waals surface area (Å²) in [5.74, 6) is 0.773. The van der Waals surface area contributed by atoms with Crippen molar-refractivity contribution in [2.24, 2.45) is 0 Å². The molecule has 0 unspecified atom stereocenters. The van der Waals surface area contributed by atoms with Gasteiger partial charge in [0.2, 0.25) is 6.41 Å². The average molecular weight is 509 g/mol. The topological polar surface area (TPSA) is 138 Å². The minimum absolute atomic E-state index is 0.268. The Balaban J connectivity index is 0.000000308. The highest BCUT2D eigenvalue weighted by Gasteiger charge is 2.11. The van der Waals surface area contributed by atoms with Crippen LogP contribution in [0.5, 0.6) is 5.75 Å². The summed E-state index contributed by atoms with van der Waals surface area (Å²) in [6, 6.07) is 15.4. The number of aryl methyl sites for hydroxylation is 1. The number of ether oxygens (including phenoxy) is 1. The first kappa shape index (κ1) is 28.6. The number of aldehydes is 1. The first-order valence-corrected chi connectivity index (χ1v) is 11.0. The number of nitrogens with one attached hydrogen (secondary N) is 4. The number of amides is 1. The van der Waals surface area contributed by atoms with E-state index in [1.54, 1.807) is 48.8 Å². The molecule has 0 saturated heterocycles. The Labute approximate surface area is 213 Å². The van der Waals surface area contributed by atoms with Crippen LogP contribution in [0.25, 0.3) is 10.9 Å². The summed E-state index contributed by atoms with van der Waals surface area (Å²) < 4.78 is 18.7. The number of aromatic nitrogens is 2. The number of benzene rings is 3. The lowest BCUT2D eigenvalue weighted by Crippen LogP contribution is -2.01. The lowest BCUT2D eigenvalue weighted by molar-refractivity contribution is -0.105. The highest BCUT2D eigenvalue weighted by molar-refractivity contribution is 5.96. The standard InChI is InChI=1S/C17H15FN4O2.C8H9NO.CH5NO/c1-10-5-11(3-4-13(10)18)22-17-12-6-15(21-9-23)16(24-2)7-14(12)19-8-20-17;1-9-8-4-2-7(6-10)3-5-8;1-2-3/h3-9H,1-2H3,(H,21,23)(H,19,20,22);2-6,9H,1H3;2-3H,1H3. The second-order valence-electron chi connectivity index (χ2n) is 7.36. The quantitative estimate of drug-likeness (QED) is 0.180. The second kappa shape index (κ2) is 14.7. The van der Waals surface area contributed by atoms with Gasteiger partial charge in [0.1, 0.15) is 30.0 Å². The van der Waals surface area contributed by atoms with Crippen LogP contribution < -0.4 is 26.2 Å². The zero-order valence-electron chi connectivity index (χ0n) is 20.9. The number of anilines is 4. The third kappa shape index (κ3) is 8.23. The maximum absolute atomic E-state index is 13.4. The van der Waals surface area contributed by atoms with Crippen molar-refractivity contribution >= 4 is 46.5 Å². The van der Waals surface area contributed by atoms with Crippen molar-refractivity contribution in [3.63, 3.8) is 0 Å². The number of carbonyl (C=O) groups is 2. The smallest absolute Gasteiger partial charge is 0.211 e. The van der Waals surface area contributed by atoms with Crippen molar-refractivity contribution in [3.8, 4) is 5.75 Å². The van der Waals surface area contributed by atoms with E-state index in [0.29, 0.717) is 51.4 Å². The maximum Gasteiger partial charge on any atom is 0.211 e. The lowest BCUT2D eigenvalue weighted by Gasteiger charge is -2.12. The fourth-order valence-electron chi connectivity index (χ4n) is 3.12. The molecule has 1 amide bonds. The minimum Gasteiger partial charge on any atom is -0.494 e. The summed E-state index contributed by atoms with van der Waals surface area (Å²) in [5.41, 5.74) is 5.87. The van der Waals surface area contributed by atoms with Gasteiger partial charge in [0, 0.05) is 42.5 Å². The van der Waals surface area contributed by atoms with Gasteiger partial charge in [-0.2, -0.15) is 0 Å². The molecule has 5 N–H and O–H groups in total. The summed E-state index contributed by atoms with van der Waals surface area (Å²) in [7, 11) is 4.79. The van der Waals surface area contributed by atoms with Crippen molar-refractivity contribution in [2.45, 2.75) is 6.92 Å². The molecule has 0 atom stereocenters. The Morgan fingerprint density at radius 2 is 1.65 bits per heavy atom. The predicted molar refractivity (Wildman–Crippen MR) is 142 cm³/mol. The van der Waals surface area contributed by atoms with E-state index in [4.69, 9.17) is 9.94 Å². The molecule has 37 heavy (non-hydrogen) atoms. The molecule has 0 fully saturated rings. The molecule has 4 rings (SSSR count). The number of carbonyl (C=O) groups excluding carboxylic acids is 2. The van der Waals surface area contributed by atoms with Crippen LogP contribution in [0.15, 0.2) is 60.9 Å². The molecule has 0 aliphatic rings. The van der Waals surface area contributed by atoms with Gasteiger partial charge in [0.25, 0.3) is 0 Å². The number of hydrogen-bond acceptors (Lipinski definition) is 9. The SMILES string of the molecule is CNO.CNc1ccc(C=O)cc1.COc1cc2ncnc(Nc3ccc(F)c(C)c3)c2cc1NC=O. The van der Waals surface area contributed by atoms with E-state index >= 15 is 0 Å². The van der Waals surface area contributed by atoms with Crippen LogP contribution in [0.1, 0.15) is 15.9 Å². The molecular weight excluding hydrogens is 479 g/mol. The summed E-state index contributed by atoms with van der Waals surface area (Å²) in [5, 5.41) is 16.7. The van der Waals surface area contributed by atoms with E-state index in [0.717, 1.165) is 12.0 Å². The Hall–Kier alpha value is -4.61. The molecule has 1 heterocycles. The minimum atomic E-state index is -0.268. The molecule has 0 radical (unpaired) electrons. The van der Waals surface area contributed by atoms with Crippen molar-refractivity contribution < 1.29 is 23.9 Å². The molecule has 11 heteroatoms. The van der Waals surface area contributed by atoms with Gasteiger partial charge in [0.15, 0.2) is 0 Å². The molecule has 0 aliphatic carbocycles. The van der Waals surface area contributed by atoms with Crippen molar-refractivity contribution in [3.05, 3.63) is 77.9 Å². The first-order chi connectivity index (χ1) is 17.9. The fourth-order valence-corrected chi connectivity index (χ4v) is 3.12. The Morgan fingerprint density at radius 1 is 0.973 bits per heavy atom. The number of rotatable bonds is 7. The van der Waals surface area contributed by atoms with Crippen LogP contribution in [-0.4, -0.2) is 49.1 Å². The Kier molecular flexibility index (Phi) is 11.4. The maximum atomic E-state index is 13.4. The number of methoxy groups -OCH3 is 1. The van der Waals surface area contributed by atoms with Gasteiger partial charge in [0.05, 0.1) is 18.3 Å². The van der Waals surface area contributed by atoms with Gasteiger partial charge in [-0.25, -0.2) is 19.8 Å². The fraction of sp³-hybridized carbons (Fsp3) is 0.154. The largest absolute Gasteiger partial charge is 0.494 e. The molecule has 1 aromatic heterocycles. The van der Waals surface area contributed by atoms with Crippen molar-refractivity contribution in [1.29, 1.82) is 0 Å². The molecule has 0 bridgehead atoms. The van der Waals surface area contributed by atoms with E-state index in [1.807, 2.05) is 19.2 Å². The van der Waals surface area contributed by atoms with Gasteiger partial charge < -0.3 is 25.9 Å². The third-order valence-electron chi connectivity index (χ3n) is 4.93. The Morgan fingerprint density at radius 3 is 2.22 bits per heavy atom. The molecule has 4 aromatic rings. The van der Waals surface area contributed by atoms with Crippen LogP contribution in [-0.2, 0) is 4.79 Å². The summed E-state index contributed by atoms with van der Waals surface area (Å²) >= 11 is 0. The molecule has 10 nitrogen and oxygen atoms in total. The summed E-state index contributed by atoms with van der Waals surface area (Å²) in [6.45, 7) is 1.69. The van der Waals surface area contributed by atoms with Gasteiger partial charge in [-0.15, -0.1) is 0 Å². The van der Waals surface area contributed by atoms with Crippen molar-refractivity contribution in [2.75, 3.05) is 37.2 Å². The number of fused-ring (bicyclic) bond motifs is 1. The average Bonchev–Trinajstić information content (AvgIpc) is 2.92. The zero-order chi connectivity index (χ0) is 27.2. The van der Waals surface area contributed by atoms with Gasteiger partial charge in [-0.1, -0.05) is 0 Å².